The summed E-state index contributed by atoms with van der Waals surface area (Å²) in [6, 6.07) is 6.51. The maximum Gasteiger partial charge on any atom is 0.120 e. The molecule has 1 heterocycles. The van der Waals surface area contributed by atoms with E-state index >= 15 is 0 Å². The maximum absolute atomic E-state index is 6.05. The molecule has 21 heavy (non-hydrogen) atoms. The molecule has 1 aliphatic heterocycles. The summed E-state index contributed by atoms with van der Waals surface area (Å²) in [6.07, 6.45) is 2.93. The Morgan fingerprint density at radius 2 is 2.10 bits per heavy atom. The molecule has 1 aliphatic rings. The van der Waals surface area contributed by atoms with Crippen LogP contribution in [0, 0.1) is 6.92 Å². The maximum atomic E-state index is 6.05. The van der Waals surface area contributed by atoms with Crippen LogP contribution < -0.4 is 10.1 Å². The fourth-order valence-corrected chi connectivity index (χ4v) is 2.70. The monoisotopic (exact) mass is 291 g/mol. The van der Waals surface area contributed by atoms with Crippen molar-refractivity contribution < 1.29 is 9.47 Å². The van der Waals surface area contributed by atoms with E-state index < -0.39 is 0 Å². The van der Waals surface area contributed by atoms with Gasteiger partial charge in [0, 0.05) is 19.7 Å². The predicted octanol–water partition coefficient (Wildman–Crippen LogP) is 3.65. The first-order valence-corrected chi connectivity index (χ1v) is 8.15. The molecule has 1 fully saturated rings. The number of benzene rings is 1. The second-order valence-corrected chi connectivity index (χ2v) is 6.46. The molecular formula is C18H29NO2. The van der Waals surface area contributed by atoms with Gasteiger partial charge in [-0.1, -0.05) is 19.9 Å². The standard InChI is InChI=1S/C18H29NO2/c1-13(2)16-8-14(3)9-18(10-16)21-15(4)11-19-12-17-6-5-7-20-17/h8-10,13,15,17,19H,5-7,11-12H2,1-4H3. The first-order chi connectivity index (χ1) is 10.0. The Morgan fingerprint density at radius 3 is 2.76 bits per heavy atom. The fraction of sp³-hybridized carbons (Fsp3) is 0.667. The molecular weight excluding hydrogens is 262 g/mol. The number of aryl methyl sites for hydroxylation is 1. The molecule has 0 bridgehead atoms. The molecule has 3 heteroatoms. The molecule has 2 atom stereocenters. The first-order valence-electron chi connectivity index (χ1n) is 8.15. The van der Waals surface area contributed by atoms with Crippen LogP contribution in [0.1, 0.15) is 50.7 Å². The summed E-state index contributed by atoms with van der Waals surface area (Å²) >= 11 is 0. The van der Waals surface area contributed by atoms with Crippen LogP contribution in [0.15, 0.2) is 18.2 Å². The Bertz CT molecular complexity index is 439. The molecule has 0 amide bonds. The lowest BCUT2D eigenvalue weighted by atomic mass is 10.0. The van der Waals surface area contributed by atoms with E-state index in [9.17, 15) is 0 Å². The molecule has 1 saturated heterocycles. The molecule has 0 saturated carbocycles. The van der Waals surface area contributed by atoms with Gasteiger partial charge in [-0.15, -0.1) is 0 Å². The minimum Gasteiger partial charge on any atom is -0.489 e. The van der Waals surface area contributed by atoms with Crippen molar-refractivity contribution >= 4 is 0 Å². The van der Waals surface area contributed by atoms with Gasteiger partial charge in [0.2, 0.25) is 0 Å². The van der Waals surface area contributed by atoms with Crippen LogP contribution in [0.2, 0.25) is 0 Å². The predicted molar refractivity (Wildman–Crippen MR) is 87.2 cm³/mol. The van der Waals surface area contributed by atoms with Crippen LogP contribution >= 0.6 is 0 Å². The summed E-state index contributed by atoms with van der Waals surface area (Å²) in [5, 5.41) is 3.45. The van der Waals surface area contributed by atoms with Crippen LogP contribution in [0.3, 0.4) is 0 Å². The Morgan fingerprint density at radius 1 is 1.29 bits per heavy atom. The van der Waals surface area contributed by atoms with Crippen molar-refractivity contribution in [1.29, 1.82) is 0 Å². The number of hydrogen-bond acceptors (Lipinski definition) is 3. The lowest BCUT2D eigenvalue weighted by Crippen LogP contribution is -2.34. The third-order valence-electron chi connectivity index (χ3n) is 3.90. The van der Waals surface area contributed by atoms with Crippen LogP contribution in [0.4, 0.5) is 0 Å². The van der Waals surface area contributed by atoms with Crippen molar-refractivity contribution in [3.05, 3.63) is 29.3 Å². The number of hydrogen-bond donors (Lipinski definition) is 1. The fourth-order valence-electron chi connectivity index (χ4n) is 2.70. The van der Waals surface area contributed by atoms with Crippen molar-refractivity contribution in [3.8, 4) is 5.75 Å². The van der Waals surface area contributed by atoms with Crippen LogP contribution in [0.25, 0.3) is 0 Å². The van der Waals surface area contributed by atoms with Crippen LogP contribution in [-0.4, -0.2) is 31.9 Å². The van der Waals surface area contributed by atoms with E-state index in [-0.39, 0.29) is 6.10 Å². The number of ether oxygens (including phenoxy) is 2. The van der Waals surface area contributed by atoms with Gasteiger partial charge in [-0.3, -0.25) is 0 Å². The van der Waals surface area contributed by atoms with E-state index in [2.05, 4.69) is 51.2 Å². The third kappa shape index (κ3) is 5.33. The van der Waals surface area contributed by atoms with E-state index in [1.807, 2.05) is 0 Å². The number of rotatable bonds is 7. The van der Waals surface area contributed by atoms with Gasteiger partial charge in [-0.25, -0.2) is 0 Å². The highest BCUT2D eigenvalue weighted by atomic mass is 16.5. The molecule has 0 aromatic heterocycles. The highest BCUT2D eigenvalue weighted by molar-refractivity contribution is 5.35. The van der Waals surface area contributed by atoms with E-state index in [1.165, 1.54) is 24.0 Å². The highest BCUT2D eigenvalue weighted by Gasteiger charge is 2.15. The summed E-state index contributed by atoms with van der Waals surface area (Å²) < 4.78 is 11.7. The lowest BCUT2D eigenvalue weighted by Gasteiger charge is -2.18. The van der Waals surface area contributed by atoms with Gasteiger partial charge >= 0.3 is 0 Å². The second kappa shape index (κ2) is 7.81. The van der Waals surface area contributed by atoms with Gasteiger partial charge in [-0.05, 0) is 55.9 Å². The van der Waals surface area contributed by atoms with E-state index in [4.69, 9.17) is 9.47 Å². The smallest absolute Gasteiger partial charge is 0.120 e. The summed E-state index contributed by atoms with van der Waals surface area (Å²) in [7, 11) is 0. The zero-order chi connectivity index (χ0) is 15.2. The minimum atomic E-state index is 0.160. The van der Waals surface area contributed by atoms with E-state index in [0.717, 1.165) is 25.4 Å². The topological polar surface area (TPSA) is 30.5 Å². The molecule has 118 valence electrons. The summed E-state index contributed by atoms with van der Waals surface area (Å²) in [6.45, 7) is 11.4. The van der Waals surface area contributed by atoms with Gasteiger partial charge in [0.1, 0.15) is 11.9 Å². The van der Waals surface area contributed by atoms with Crippen molar-refractivity contribution in [2.45, 2.75) is 58.7 Å². The van der Waals surface area contributed by atoms with Crippen LogP contribution in [-0.2, 0) is 4.74 Å². The van der Waals surface area contributed by atoms with E-state index in [1.54, 1.807) is 0 Å². The molecule has 1 N–H and O–H groups in total. The first kappa shape index (κ1) is 16.3. The molecule has 2 unspecified atom stereocenters. The molecule has 2 rings (SSSR count). The Balaban J connectivity index is 1.79. The van der Waals surface area contributed by atoms with Crippen molar-refractivity contribution in [3.63, 3.8) is 0 Å². The van der Waals surface area contributed by atoms with Gasteiger partial charge in [0.25, 0.3) is 0 Å². The zero-order valence-electron chi connectivity index (χ0n) is 13.8. The zero-order valence-corrected chi connectivity index (χ0v) is 13.8. The number of nitrogens with one attached hydrogen (secondary N) is 1. The van der Waals surface area contributed by atoms with Crippen LogP contribution in [0.5, 0.6) is 5.75 Å². The Hall–Kier alpha value is -1.06. The van der Waals surface area contributed by atoms with Gasteiger partial charge < -0.3 is 14.8 Å². The quantitative estimate of drug-likeness (QED) is 0.831. The van der Waals surface area contributed by atoms with E-state index in [0.29, 0.717) is 12.0 Å². The van der Waals surface area contributed by atoms with Crippen molar-refractivity contribution in [2.75, 3.05) is 19.7 Å². The minimum absolute atomic E-state index is 0.160. The summed E-state index contributed by atoms with van der Waals surface area (Å²) in [5.41, 5.74) is 2.60. The van der Waals surface area contributed by atoms with Gasteiger partial charge in [0.05, 0.1) is 6.10 Å². The summed E-state index contributed by atoms with van der Waals surface area (Å²) in [5.74, 6) is 1.50. The Kier molecular flexibility index (Phi) is 6.07. The Labute approximate surface area is 129 Å². The highest BCUT2D eigenvalue weighted by Crippen LogP contribution is 2.23. The van der Waals surface area contributed by atoms with Gasteiger partial charge in [-0.2, -0.15) is 0 Å². The average Bonchev–Trinajstić information content (AvgIpc) is 2.91. The second-order valence-electron chi connectivity index (χ2n) is 6.46. The van der Waals surface area contributed by atoms with Gasteiger partial charge in [0.15, 0.2) is 0 Å². The summed E-state index contributed by atoms with van der Waals surface area (Å²) in [4.78, 5) is 0. The molecule has 0 aliphatic carbocycles. The third-order valence-corrected chi connectivity index (χ3v) is 3.90. The molecule has 1 aromatic carbocycles. The SMILES string of the molecule is Cc1cc(OC(C)CNCC2CCCO2)cc(C(C)C)c1. The average molecular weight is 291 g/mol. The molecule has 1 aromatic rings. The molecule has 0 spiro atoms. The van der Waals surface area contributed by atoms with Crippen molar-refractivity contribution in [1.82, 2.24) is 5.32 Å². The molecule has 0 radical (unpaired) electrons. The largest absolute Gasteiger partial charge is 0.489 e. The van der Waals surface area contributed by atoms with Crippen molar-refractivity contribution in [2.24, 2.45) is 0 Å². The normalized spacial score (nSPS) is 20.0. The molecule has 3 nitrogen and oxygen atoms in total. The lowest BCUT2D eigenvalue weighted by molar-refractivity contribution is 0.106.